The van der Waals surface area contributed by atoms with Crippen LogP contribution in [0.1, 0.15) is 59.3 Å². The first-order valence-corrected chi connectivity index (χ1v) is 7.82. The molecule has 0 fully saturated rings. The molecule has 0 radical (unpaired) electrons. The van der Waals surface area contributed by atoms with Crippen LogP contribution in [0.15, 0.2) is 18.2 Å². The van der Waals surface area contributed by atoms with Crippen molar-refractivity contribution in [3.8, 4) is 11.5 Å². The molecule has 1 aromatic carbocycles. The third-order valence-electron chi connectivity index (χ3n) is 3.11. The molecule has 3 nitrogen and oxygen atoms in total. The first-order chi connectivity index (χ1) is 9.63. The lowest BCUT2D eigenvalue weighted by Gasteiger charge is -2.14. The zero-order valence-electron chi connectivity index (χ0n) is 13.2. The van der Waals surface area contributed by atoms with E-state index in [0.717, 1.165) is 18.8 Å². The molecule has 1 rings (SSSR count). The molecule has 0 aromatic heterocycles. The predicted octanol–water partition coefficient (Wildman–Crippen LogP) is 4.80. The van der Waals surface area contributed by atoms with Crippen LogP contribution in [-0.2, 0) is 0 Å². The molecule has 0 atom stereocenters. The second-order valence-electron chi connectivity index (χ2n) is 5.48. The normalized spacial score (nSPS) is 10.8. The van der Waals surface area contributed by atoms with Crippen molar-refractivity contribution in [1.82, 2.24) is 0 Å². The summed E-state index contributed by atoms with van der Waals surface area (Å²) in [6, 6.07) is 5.63. The van der Waals surface area contributed by atoms with Crippen LogP contribution in [-0.4, -0.2) is 12.7 Å². The number of rotatable bonds is 10. The number of unbranched alkanes of at least 4 members (excludes halogenated alkanes) is 5. The molecule has 3 heteroatoms. The van der Waals surface area contributed by atoms with Gasteiger partial charge in [-0.3, -0.25) is 0 Å². The van der Waals surface area contributed by atoms with Gasteiger partial charge in [0.1, 0.15) is 11.5 Å². The summed E-state index contributed by atoms with van der Waals surface area (Å²) in [6.07, 6.45) is 7.74. The van der Waals surface area contributed by atoms with E-state index in [2.05, 4.69) is 6.92 Å². The maximum atomic E-state index is 5.88. The maximum Gasteiger partial charge on any atom is 0.146 e. The van der Waals surface area contributed by atoms with Crippen molar-refractivity contribution < 1.29 is 9.47 Å². The fraction of sp³-hybridized carbons (Fsp3) is 0.647. The van der Waals surface area contributed by atoms with Gasteiger partial charge in [0.2, 0.25) is 0 Å². The van der Waals surface area contributed by atoms with Gasteiger partial charge in [0.25, 0.3) is 0 Å². The third kappa shape index (κ3) is 6.69. The van der Waals surface area contributed by atoms with Crippen molar-refractivity contribution in [2.45, 2.75) is 65.4 Å². The van der Waals surface area contributed by atoms with Crippen LogP contribution in [0.5, 0.6) is 11.5 Å². The Balaban J connectivity index is 2.29. The summed E-state index contributed by atoms with van der Waals surface area (Å²) in [4.78, 5) is 0. The van der Waals surface area contributed by atoms with Crippen molar-refractivity contribution in [1.29, 1.82) is 0 Å². The smallest absolute Gasteiger partial charge is 0.146 e. The molecule has 0 saturated carbocycles. The molecule has 0 heterocycles. The Labute approximate surface area is 123 Å². The molecule has 114 valence electrons. The average Bonchev–Trinajstić information content (AvgIpc) is 2.40. The quantitative estimate of drug-likeness (QED) is 0.494. The minimum absolute atomic E-state index is 0.117. The van der Waals surface area contributed by atoms with Crippen LogP contribution in [0.4, 0.5) is 5.69 Å². The summed E-state index contributed by atoms with van der Waals surface area (Å²) in [5.74, 6) is 1.55. The van der Waals surface area contributed by atoms with Gasteiger partial charge < -0.3 is 15.2 Å². The largest absolute Gasteiger partial charge is 0.493 e. The molecule has 1 aromatic rings. The summed E-state index contributed by atoms with van der Waals surface area (Å²) in [5.41, 5.74) is 6.54. The molecular weight excluding hydrogens is 250 g/mol. The molecule has 0 unspecified atom stereocenters. The lowest BCUT2D eigenvalue weighted by molar-refractivity contribution is 0.241. The number of hydrogen-bond acceptors (Lipinski definition) is 3. The molecule has 0 saturated heterocycles. The van der Waals surface area contributed by atoms with E-state index in [-0.39, 0.29) is 6.10 Å². The summed E-state index contributed by atoms with van der Waals surface area (Å²) in [5, 5.41) is 0. The lowest BCUT2D eigenvalue weighted by Crippen LogP contribution is -2.07. The zero-order chi connectivity index (χ0) is 14.8. The van der Waals surface area contributed by atoms with Crippen LogP contribution in [0.25, 0.3) is 0 Å². The molecule has 0 bridgehead atoms. The van der Waals surface area contributed by atoms with E-state index in [1.165, 1.54) is 32.1 Å². The molecule has 0 aliphatic rings. The Bertz CT molecular complexity index is 377. The Hall–Kier alpha value is -1.38. The maximum absolute atomic E-state index is 5.88. The summed E-state index contributed by atoms with van der Waals surface area (Å²) < 4.78 is 11.4. The standard InChI is InChI=1S/C17H29NO2/c1-4-5-6-7-8-9-12-19-15-10-11-16(18)17(13-15)20-14(2)3/h10-11,13-14H,4-9,12,18H2,1-3H3. The molecule has 0 spiro atoms. The summed E-state index contributed by atoms with van der Waals surface area (Å²) in [7, 11) is 0. The second kappa shape index (κ2) is 9.51. The Morgan fingerprint density at radius 2 is 1.75 bits per heavy atom. The van der Waals surface area contributed by atoms with Gasteiger partial charge in [-0.15, -0.1) is 0 Å². The number of benzene rings is 1. The topological polar surface area (TPSA) is 44.5 Å². The summed E-state index contributed by atoms with van der Waals surface area (Å²) in [6.45, 7) is 6.98. The fourth-order valence-electron chi connectivity index (χ4n) is 2.03. The van der Waals surface area contributed by atoms with Crippen LogP contribution in [0, 0.1) is 0 Å². The Morgan fingerprint density at radius 3 is 2.45 bits per heavy atom. The number of anilines is 1. The second-order valence-corrected chi connectivity index (χ2v) is 5.48. The van der Waals surface area contributed by atoms with Gasteiger partial charge in [-0.25, -0.2) is 0 Å². The Kier molecular flexibility index (Phi) is 7.93. The Morgan fingerprint density at radius 1 is 1.05 bits per heavy atom. The fourth-order valence-corrected chi connectivity index (χ4v) is 2.03. The highest BCUT2D eigenvalue weighted by molar-refractivity contribution is 5.55. The van der Waals surface area contributed by atoms with Crippen molar-refractivity contribution in [2.75, 3.05) is 12.3 Å². The van der Waals surface area contributed by atoms with Crippen molar-refractivity contribution in [3.63, 3.8) is 0 Å². The van der Waals surface area contributed by atoms with Gasteiger partial charge in [0.15, 0.2) is 0 Å². The van der Waals surface area contributed by atoms with Crippen LogP contribution < -0.4 is 15.2 Å². The molecular formula is C17H29NO2. The minimum atomic E-state index is 0.117. The highest BCUT2D eigenvalue weighted by atomic mass is 16.5. The van der Waals surface area contributed by atoms with Crippen molar-refractivity contribution >= 4 is 5.69 Å². The van der Waals surface area contributed by atoms with E-state index in [4.69, 9.17) is 15.2 Å². The van der Waals surface area contributed by atoms with Crippen molar-refractivity contribution in [3.05, 3.63) is 18.2 Å². The van der Waals surface area contributed by atoms with E-state index < -0.39 is 0 Å². The van der Waals surface area contributed by atoms with E-state index in [9.17, 15) is 0 Å². The highest BCUT2D eigenvalue weighted by Gasteiger charge is 2.05. The number of nitrogen functional groups attached to an aromatic ring is 1. The average molecular weight is 279 g/mol. The van der Waals surface area contributed by atoms with Gasteiger partial charge in [0.05, 0.1) is 18.4 Å². The van der Waals surface area contributed by atoms with E-state index >= 15 is 0 Å². The van der Waals surface area contributed by atoms with Gasteiger partial charge in [-0.2, -0.15) is 0 Å². The number of ether oxygens (including phenoxy) is 2. The van der Waals surface area contributed by atoms with Gasteiger partial charge in [-0.05, 0) is 32.4 Å². The molecule has 0 amide bonds. The molecule has 20 heavy (non-hydrogen) atoms. The van der Waals surface area contributed by atoms with Crippen LogP contribution in [0.3, 0.4) is 0 Å². The summed E-state index contributed by atoms with van der Waals surface area (Å²) >= 11 is 0. The van der Waals surface area contributed by atoms with Gasteiger partial charge in [-0.1, -0.05) is 39.0 Å². The molecule has 0 aliphatic heterocycles. The first-order valence-electron chi connectivity index (χ1n) is 7.82. The SMILES string of the molecule is CCCCCCCCOc1ccc(N)c(OC(C)C)c1. The van der Waals surface area contributed by atoms with Crippen LogP contribution in [0.2, 0.25) is 0 Å². The minimum Gasteiger partial charge on any atom is -0.493 e. The molecule has 2 N–H and O–H groups in total. The predicted molar refractivity (Wildman–Crippen MR) is 85.5 cm³/mol. The van der Waals surface area contributed by atoms with Crippen LogP contribution >= 0.6 is 0 Å². The van der Waals surface area contributed by atoms with Gasteiger partial charge in [0, 0.05) is 6.07 Å². The van der Waals surface area contributed by atoms with E-state index in [0.29, 0.717) is 11.4 Å². The first kappa shape index (κ1) is 16.7. The third-order valence-corrected chi connectivity index (χ3v) is 3.11. The van der Waals surface area contributed by atoms with Gasteiger partial charge >= 0.3 is 0 Å². The number of hydrogen-bond donors (Lipinski definition) is 1. The lowest BCUT2D eigenvalue weighted by atomic mass is 10.1. The zero-order valence-corrected chi connectivity index (χ0v) is 13.2. The van der Waals surface area contributed by atoms with Crippen molar-refractivity contribution in [2.24, 2.45) is 0 Å². The molecule has 0 aliphatic carbocycles. The monoisotopic (exact) mass is 279 g/mol. The number of nitrogens with two attached hydrogens (primary N) is 1. The van der Waals surface area contributed by atoms with E-state index in [1.807, 2.05) is 32.0 Å². The highest BCUT2D eigenvalue weighted by Crippen LogP contribution is 2.27. The van der Waals surface area contributed by atoms with E-state index in [1.54, 1.807) is 0 Å².